The number of hydrogen-bond donors (Lipinski definition) is 1. The van der Waals surface area contributed by atoms with Crippen molar-refractivity contribution in [2.24, 2.45) is 17.3 Å². The molecule has 1 aliphatic carbocycles. The summed E-state index contributed by atoms with van der Waals surface area (Å²) in [4.78, 5) is 11.9. The van der Waals surface area contributed by atoms with Crippen molar-refractivity contribution in [3.63, 3.8) is 0 Å². The molecule has 0 radical (unpaired) electrons. The Labute approximate surface area is 124 Å². The third kappa shape index (κ3) is 5.43. The minimum Gasteiger partial charge on any atom is -0.468 e. The molecule has 1 saturated carbocycles. The van der Waals surface area contributed by atoms with Gasteiger partial charge >= 0.3 is 5.97 Å². The molecule has 20 heavy (non-hydrogen) atoms. The number of ether oxygens (including phenoxy) is 1. The monoisotopic (exact) mass is 283 g/mol. The highest BCUT2D eigenvalue weighted by atomic mass is 16.5. The number of hydrogen-bond acceptors (Lipinski definition) is 3. The van der Waals surface area contributed by atoms with Crippen LogP contribution in [0.15, 0.2) is 0 Å². The maximum absolute atomic E-state index is 11.9. The molecule has 1 rings (SSSR count). The fraction of sp³-hybridized carbons (Fsp3) is 0.941. The lowest BCUT2D eigenvalue weighted by Gasteiger charge is -2.38. The van der Waals surface area contributed by atoms with Gasteiger partial charge in [-0.25, -0.2) is 0 Å². The molecule has 0 bridgehead atoms. The van der Waals surface area contributed by atoms with Crippen LogP contribution in [0.2, 0.25) is 0 Å². The highest BCUT2D eigenvalue weighted by Crippen LogP contribution is 2.37. The molecule has 0 aromatic rings. The van der Waals surface area contributed by atoms with Gasteiger partial charge in [-0.2, -0.15) is 0 Å². The Balaban J connectivity index is 2.49. The van der Waals surface area contributed by atoms with E-state index in [1.54, 1.807) is 0 Å². The number of rotatable bonds is 5. The van der Waals surface area contributed by atoms with Crippen LogP contribution in [0, 0.1) is 17.3 Å². The maximum atomic E-state index is 11.9. The maximum Gasteiger partial charge on any atom is 0.322 e. The van der Waals surface area contributed by atoms with Crippen molar-refractivity contribution >= 4 is 5.97 Å². The Bertz CT molecular complexity index is 299. The summed E-state index contributed by atoms with van der Waals surface area (Å²) in [6.07, 6.45) is 5.72. The molecule has 0 amide bonds. The lowest BCUT2D eigenvalue weighted by atomic mass is 9.71. The Morgan fingerprint density at radius 2 is 1.75 bits per heavy atom. The fourth-order valence-corrected chi connectivity index (χ4v) is 3.26. The molecular weight excluding hydrogens is 250 g/mol. The molecule has 118 valence electrons. The summed E-state index contributed by atoms with van der Waals surface area (Å²) in [5.41, 5.74) is 0.407. The van der Waals surface area contributed by atoms with Gasteiger partial charge in [-0.1, -0.05) is 34.6 Å². The van der Waals surface area contributed by atoms with Gasteiger partial charge < -0.3 is 10.1 Å². The largest absolute Gasteiger partial charge is 0.468 e. The third-order valence-electron chi connectivity index (χ3n) is 4.58. The molecule has 0 heterocycles. The summed E-state index contributed by atoms with van der Waals surface area (Å²) in [7, 11) is 1.48. The van der Waals surface area contributed by atoms with E-state index < -0.39 is 0 Å². The molecule has 0 spiro atoms. The van der Waals surface area contributed by atoms with E-state index in [1.165, 1.54) is 32.8 Å². The molecule has 0 aromatic carbocycles. The zero-order valence-electron chi connectivity index (χ0n) is 14.2. The second-order valence-corrected chi connectivity index (χ2v) is 7.79. The lowest BCUT2D eigenvalue weighted by molar-refractivity contribution is -0.144. The Morgan fingerprint density at radius 1 is 1.20 bits per heavy atom. The van der Waals surface area contributed by atoms with Gasteiger partial charge in [-0.15, -0.1) is 0 Å². The van der Waals surface area contributed by atoms with Crippen LogP contribution in [0.5, 0.6) is 0 Å². The standard InChI is InChI=1S/C17H33NO2/c1-12(2)11-15(16(19)20-6)18-14-9-7-13(8-10-14)17(3,4)5/h12-15,18H,7-11H2,1-6H3. The van der Waals surface area contributed by atoms with Gasteiger partial charge in [0, 0.05) is 6.04 Å². The van der Waals surface area contributed by atoms with Crippen molar-refractivity contribution in [1.29, 1.82) is 0 Å². The van der Waals surface area contributed by atoms with Crippen LogP contribution in [-0.2, 0) is 9.53 Å². The fourth-order valence-electron chi connectivity index (χ4n) is 3.26. The van der Waals surface area contributed by atoms with Gasteiger partial charge in [0.1, 0.15) is 6.04 Å². The topological polar surface area (TPSA) is 38.3 Å². The van der Waals surface area contributed by atoms with Gasteiger partial charge in [0.2, 0.25) is 0 Å². The van der Waals surface area contributed by atoms with E-state index in [9.17, 15) is 4.79 Å². The molecule has 0 aliphatic heterocycles. The zero-order chi connectivity index (χ0) is 15.3. The number of carbonyl (C=O) groups is 1. The van der Waals surface area contributed by atoms with Crippen molar-refractivity contribution in [3.05, 3.63) is 0 Å². The van der Waals surface area contributed by atoms with E-state index in [4.69, 9.17) is 4.74 Å². The van der Waals surface area contributed by atoms with Gasteiger partial charge in [-0.3, -0.25) is 4.79 Å². The average molecular weight is 283 g/mol. The van der Waals surface area contributed by atoms with Gasteiger partial charge in [0.25, 0.3) is 0 Å². The molecule has 1 fully saturated rings. The Hall–Kier alpha value is -0.570. The van der Waals surface area contributed by atoms with Crippen LogP contribution in [0.25, 0.3) is 0 Å². The van der Waals surface area contributed by atoms with Crippen molar-refractivity contribution in [3.8, 4) is 0 Å². The highest BCUT2D eigenvalue weighted by molar-refractivity contribution is 5.75. The van der Waals surface area contributed by atoms with Gasteiger partial charge in [0.05, 0.1) is 7.11 Å². The Morgan fingerprint density at radius 3 is 2.15 bits per heavy atom. The summed E-state index contributed by atoms with van der Waals surface area (Å²) in [6.45, 7) is 11.3. The quantitative estimate of drug-likeness (QED) is 0.781. The van der Waals surface area contributed by atoms with Crippen LogP contribution >= 0.6 is 0 Å². The highest BCUT2D eigenvalue weighted by Gasteiger charge is 2.31. The van der Waals surface area contributed by atoms with Crippen LogP contribution in [-0.4, -0.2) is 25.2 Å². The smallest absolute Gasteiger partial charge is 0.322 e. The predicted octanol–water partition coefficient (Wildman–Crippen LogP) is 3.77. The molecule has 0 aromatic heterocycles. The van der Waals surface area contributed by atoms with Crippen molar-refractivity contribution in [1.82, 2.24) is 5.32 Å². The van der Waals surface area contributed by atoms with E-state index in [2.05, 4.69) is 39.9 Å². The summed E-state index contributed by atoms with van der Waals surface area (Å²) >= 11 is 0. The minimum absolute atomic E-state index is 0.114. The lowest BCUT2D eigenvalue weighted by Crippen LogP contribution is -2.46. The second kappa shape index (κ2) is 7.44. The zero-order valence-corrected chi connectivity index (χ0v) is 14.2. The molecule has 1 N–H and O–H groups in total. The third-order valence-corrected chi connectivity index (χ3v) is 4.58. The van der Waals surface area contributed by atoms with Crippen molar-refractivity contribution in [2.45, 2.75) is 78.8 Å². The van der Waals surface area contributed by atoms with Crippen LogP contribution < -0.4 is 5.32 Å². The molecule has 1 atom stereocenters. The number of nitrogens with one attached hydrogen (secondary N) is 1. The second-order valence-electron chi connectivity index (χ2n) is 7.79. The van der Waals surface area contributed by atoms with Gasteiger partial charge in [0.15, 0.2) is 0 Å². The summed E-state index contributed by atoms with van der Waals surface area (Å²) < 4.78 is 4.93. The average Bonchev–Trinajstić information content (AvgIpc) is 2.36. The first-order valence-corrected chi connectivity index (χ1v) is 8.08. The SMILES string of the molecule is COC(=O)C(CC(C)C)NC1CCC(C(C)(C)C)CC1. The van der Waals surface area contributed by atoms with E-state index >= 15 is 0 Å². The Kier molecular flexibility index (Phi) is 6.50. The van der Waals surface area contributed by atoms with Crippen LogP contribution in [0.4, 0.5) is 0 Å². The molecule has 1 aliphatic rings. The normalized spacial score (nSPS) is 25.6. The first kappa shape index (κ1) is 17.5. The first-order chi connectivity index (χ1) is 9.24. The number of methoxy groups -OCH3 is 1. The summed E-state index contributed by atoms with van der Waals surface area (Å²) in [5, 5.41) is 3.54. The molecule has 1 unspecified atom stereocenters. The van der Waals surface area contributed by atoms with E-state index in [0.717, 1.165) is 12.3 Å². The number of carbonyl (C=O) groups excluding carboxylic acids is 1. The number of esters is 1. The molecular formula is C17H33NO2. The molecule has 0 saturated heterocycles. The van der Waals surface area contributed by atoms with Crippen LogP contribution in [0.1, 0.15) is 66.7 Å². The van der Waals surface area contributed by atoms with Crippen LogP contribution in [0.3, 0.4) is 0 Å². The first-order valence-electron chi connectivity index (χ1n) is 8.08. The molecule has 3 heteroatoms. The van der Waals surface area contributed by atoms with E-state index in [1.807, 2.05) is 0 Å². The van der Waals surface area contributed by atoms with E-state index in [0.29, 0.717) is 17.4 Å². The minimum atomic E-state index is -0.142. The summed E-state index contributed by atoms with van der Waals surface area (Å²) in [6, 6.07) is 0.327. The molecule has 3 nitrogen and oxygen atoms in total. The summed E-state index contributed by atoms with van der Waals surface area (Å²) in [5.74, 6) is 1.19. The van der Waals surface area contributed by atoms with E-state index in [-0.39, 0.29) is 12.0 Å². The van der Waals surface area contributed by atoms with Crippen molar-refractivity contribution < 1.29 is 9.53 Å². The predicted molar refractivity (Wildman–Crippen MR) is 83.6 cm³/mol. The van der Waals surface area contributed by atoms with Gasteiger partial charge in [-0.05, 0) is 49.4 Å². The van der Waals surface area contributed by atoms with Crippen molar-refractivity contribution in [2.75, 3.05) is 7.11 Å².